The van der Waals surface area contributed by atoms with Crippen LogP contribution < -0.4 is 0 Å². The largest absolute Gasteiger partial charge is 0.349 e. The second kappa shape index (κ2) is 2.33. The average Bonchev–Trinajstić information content (AvgIpc) is 1.72. The summed E-state index contributed by atoms with van der Waals surface area (Å²) in [7, 11) is 1.35. The van der Waals surface area contributed by atoms with E-state index >= 15 is 0 Å². The lowest BCUT2D eigenvalue weighted by atomic mass is 10.5. The topological polar surface area (TPSA) is 9.23 Å². The number of hydrogen-bond donors (Lipinski definition) is 0. The van der Waals surface area contributed by atoms with E-state index in [1.165, 1.54) is 20.8 Å². The molecule has 0 saturated heterocycles. The van der Waals surface area contributed by atoms with Crippen molar-refractivity contribution in [3.05, 3.63) is 0 Å². The lowest BCUT2D eigenvalue weighted by Crippen LogP contribution is -1.95. The molecular formula is C4H7OP. The fraction of sp³-hybridized carbons (Fsp3) is 0.750. The van der Waals surface area contributed by atoms with Crippen LogP contribution in [0.1, 0.15) is 6.42 Å². The van der Waals surface area contributed by atoms with Gasteiger partial charge in [-0.1, -0.05) is 8.20 Å². The van der Waals surface area contributed by atoms with E-state index in [-0.39, 0.29) is 0 Å². The second-order valence-corrected chi connectivity index (χ2v) is 2.26. The molecule has 34 valence electrons. The van der Waals surface area contributed by atoms with Gasteiger partial charge >= 0.3 is 0 Å². The van der Waals surface area contributed by atoms with Crippen molar-refractivity contribution in [1.29, 1.82) is 0 Å². The summed E-state index contributed by atoms with van der Waals surface area (Å²) in [6.07, 6.45) is 2.53. The molecule has 1 rings (SSSR count). The number of hydrogen-bond acceptors (Lipinski definition) is 1. The van der Waals surface area contributed by atoms with E-state index in [1.807, 2.05) is 5.98 Å². The summed E-state index contributed by atoms with van der Waals surface area (Å²) in [6.45, 7) is 0.938. The second-order valence-electron chi connectivity index (χ2n) is 1.24. The predicted molar refractivity (Wildman–Crippen MR) is 28.4 cm³/mol. The van der Waals surface area contributed by atoms with Gasteiger partial charge in [0.1, 0.15) is 0 Å². The highest BCUT2D eigenvalue weighted by Crippen LogP contribution is 2.02. The summed E-state index contributed by atoms with van der Waals surface area (Å²) >= 11 is 0. The molecule has 1 heterocycles. The highest BCUT2D eigenvalue weighted by atomic mass is 31.1. The van der Waals surface area contributed by atoms with Crippen LogP contribution in [-0.4, -0.2) is 18.8 Å². The van der Waals surface area contributed by atoms with Gasteiger partial charge in [0.25, 0.3) is 0 Å². The molecule has 0 saturated carbocycles. The van der Waals surface area contributed by atoms with Crippen molar-refractivity contribution < 1.29 is 4.74 Å². The lowest BCUT2D eigenvalue weighted by molar-refractivity contribution is 0.323. The molecule has 0 unspecified atom stereocenters. The molecule has 1 nitrogen and oxygen atoms in total. The van der Waals surface area contributed by atoms with Gasteiger partial charge in [0.15, 0.2) is 0 Å². The zero-order chi connectivity index (χ0) is 4.24. The van der Waals surface area contributed by atoms with Crippen molar-refractivity contribution in [2.75, 3.05) is 12.8 Å². The minimum Gasteiger partial charge on any atom is -0.349 e. The molecule has 0 spiro atoms. The maximum Gasteiger partial charge on any atom is 0.0613 e. The molecule has 1 aliphatic heterocycles. The van der Waals surface area contributed by atoms with E-state index < -0.39 is 0 Å². The fourth-order valence-electron chi connectivity index (χ4n) is 0.397. The average molecular weight is 102 g/mol. The Labute approximate surface area is 39.1 Å². The maximum absolute atomic E-state index is 4.93. The summed E-state index contributed by atoms with van der Waals surface area (Å²) in [5.74, 6) is 1.86. The van der Waals surface area contributed by atoms with E-state index in [0.29, 0.717) is 0 Å². The van der Waals surface area contributed by atoms with Crippen molar-refractivity contribution in [2.45, 2.75) is 6.42 Å². The summed E-state index contributed by atoms with van der Waals surface area (Å²) < 4.78 is 4.93. The Morgan fingerprint density at radius 1 is 1.67 bits per heavy atom. The Hall–Kier alpha value is 0.130. The van der Waals surface area contributed by atoms with Crippen LogP contribution in [0.3, 0.4) is 0 Å². The molecule has 0 fully saturated rings. The minimum absolute atomic E-state index is 0.938. The van der Waals surface area contributed by atoms with Gasteiger partial charge in [0.2, 0.25) is 0 Å². The maximum atomic E-state index is 4.93. The van der Waals surface area contributed by atoms with E-state index in [2.05, 4.69) is 0 Å². The van der Waals surface area contributed by atoms with E-state index in [4.69, 9.17) is 4.74 Å². The standard InChI is InChI=1S/C4H7OP/c1-2-5-4-6-3-1/h4H,1-3H2. The van der Waals surface area contributed by atoms with E-state index in [9.17, 15) is 0 Å². The summed E-state index contributed by atoms with van der Waals surface area (Å²) in [5.41, 5.74) is 0. The fourth-order valence-corrected chi connectivity index (χ4v) is 1.03. The van der Waals surface area contributed by atoms with Crippen LogP contribution in [0.5, 0.6) is 0 Å². The molecule has 0 amide bonds. The van der Waals surface area contributed by atoms with Gasteiger partial charge < -0.3 is 4.74 Å². The molecule has 6 heavy (non-hydrogen) atoms. The molecule has 0 N–H and O–H groups in total. The first-order valence-electron chi connectivity index (χ1n) is 2.10. The first kappa shape index (κ1) is 4.29. The van der Waals surface area contributed by atoms with Crippen LogP contribution in [0.15, 0.2) is 0 Å². The number of ether oxygens (including phenoxy) is 1. The summed E-state index contributed by atoms with van der Waals surface area (Å²) in [4.78, 5) is 0. The van der Waals surface area contributed by atoms with Gasteiger partial charge in [-0.15, -0.1) is 0 Å². The van der Waals surface area contributed by atoms with Crippen LogP contribution in [0.4, 0.5) is 0 Å². The molecule has 0 atom stereocenters. The third-order valence-corrected chi connectivity index (χ3v) is 1.57. The third kappa shape index (κ3) is 1.08. The normalized spacial score (nSPS) is 24.0. The van der Waals surface area contributed by atoms with E-state index in [0.717, 1.165) is 6.61 Å². The zero-order valence-electron chi connectivity index (χ0n) is 3.55. The first-order chi connectivity index (χ1) is 3.00. The highest BCUT2D eigenvalue weighted by Gasteiger charge is 1.87. The van der Waals surface area contributed by atoms with Gasteiger partial charge in [-0.25, -0.2) is 0 Å². The Kier molecular flexibility index (Phi) is 1.67. The molecule has 0 radical (unpaired) electrons. The zero-order valence-corrected chi connectivity index (χ0v) is 4.45. The quantitative estimate of drug-likeness (QED) is 0.416. The first-order valence-corrected chi connectivity index (χ1v) is 3.25. The van der Waals surface area contributed by atoms with Crippen LogP contribution in [-0.2, 0) is 4.74 Å². The van der Waals surface area contributed by atoms with Crippen LogP contribution in [0.2, 0.25) is 0 Å². The molecular weight excluding hydrogens is 95.0 g/mol. The van der Waals surface area contributed by atoms with Crippen LogP contribution in [0.25, 0.3) is 0 Å². The molecule has 0 aliphatic carbocycles. The van der Waals surface area contributed by atoms with Crippen LogP contribution >= 0.6 is 8.20 Å². The van der Waals surface area contributed by atoms with Gasteiger partial charge in [-0.05, 0) is 12.6 Å². The predicted octanol–water partition coefficient (Wildman–Crippen LogP) is 1.11. The Morgan fingerprint density at radius 3 is 2.83 bits per heavy atom. The molecule has 0 aromatic rings. The van der Waals surface area contributed by atoms with E-state index in [1.54, 1.807) is 0 Å². The lowest BCUT2D eigenvalue weighted by Gasteiger charge is -1.98. The van der Waals surface area contributed by atoms with Crippen molar-refractivity contribution in [3.8, 4) is 0 Å². The van der Waals surface area contributed by atoms with Crippen molar-refractivity contribution in [2.24, 2.45) is 0 Å². The molecule has 0 aromatic heterocycles. The van der Waals surface area contributed by atoms with Gasteiger partial charge in [-0.2, -0.15) is 0 Å². The Morgan fingerprint density at radius 2 is 2.67 bits per heavy atom. The van der Waals surface area contributed by atoms with Crippen molar-refractivity contribution in [3.63, 3.8) is 0 Å². The van der Waals surface area contributed by atoms with Crippen molar-refractivity contribution in [1.82, 2.24) is 0 Å². The van der Waals surface area contributed by atoms with Gasteiger partial charge in [0, 0.05) is 0 Å². The molecule has 0 aromatic carbocycles. The Bertz CT molecular complexity index is 52.6. The third-order valence-electron chi connectivity index (χ3n) is 0.698. The van der Waals surface area contributed by atoms with Gasteiger partial charge in [0.05, 0.1) is 12.6 Å². The highest BCUT2D eigenvalue weighted by molar-refractivity contribution is 7.38. The summed E-state index contributed by atoms with van der Waals surface area (Å²) in [6, 6.07) is 0. The number of rotatable bonds is 0. The van der Waals surface area contributed by atoms with Crippen molar-refractivity contribution >= 4 is 14.2 Å². The Balaban J connectivity index is 2.26. The molecule has 1 aliphatic rings. The van der Waals surface area contributed by atoms with Crippen LogP contribution in [0, 0.1) is 0 Å². The smallest absolute Gasteiger partial charge is 0.0613 e. The minimum atomic E-state index is 0.938. The molecule has 2 heteroatoms. The SMILES string of the molecule is C1=PCCCO1. The summed E-state index contributed by atoms with van der Waals surface area (Å²) in [5, 5.41) is 0. The monoisotopic (exact) mass is 102 g/mol. The van der Waals surface area contributed by atoms with Gasteiger partial charge in [-0.3, -0.25) is 0 Å². The molecule has 0 bridgehead atoms.